The number of hydrogen-bond acceptors (Lipinski definition) is 2. The average Bonchev–Trinajstić information content (AvgIpc) is 2.03. The van der Waals surface area contributed by atoms with E-state index in [1.54, 1.807) is 0 Å². The summed E-state index contributed by atoms with van der Waals surface area (Å²) in [6, 6.07) is 0.703. The van der Waals surface area contributed by atoms with Crippen molar-refractivity contribution in [3.63, 3.8) is 0 Å². The van der Waals surface area contributed by atoms with Crippen LogP contribution >= 0.6 is 0 Å². The Labute approximate surface area is 82.0 Å². The Kier molecular flexibility index (Phi) is 4.46. The minimum absolute atomic E-state index is 0.703. The molecule has 0 aromatic rings. The summed E-state index contributed by atoms with van der Waals surface area (Å²) in [6.45, 7) is 7.79. The number of hydrogen-bond donors (Lipinski definition) is 1. The molecular weight excluding hydrogens is 160 g/mol. The zero-order chi connectivity index (χ0) is 9.68. The van der Waals surface area contributed by atoms with Gasteiger partial charge in [0.15, 0.2) is 0 Å². The third-order valence-electron chi connectivity index (χ3n) is 2.54. The molecule has 1 heterocycles. The van der Waals surface area contributed by atoms with Crippen LogP contribution in [-0.2, 0) is 0 Å². The van der Waals surface area contributed by atoms with Crippen LogP contribution in [0.15, 0.2) is 11.6 Å². The van der Waals surface area contributed by atoms with Crippen LogP contribution in [0.3, 0.4) is 0 Å². The summed E-state index contributed by atoms with van der Waals surface area (Å²) < 4.78 is 0. The molecule has 0 bridgehead atoms. The lowest BCUT2D eigenvalue weighted by molar-refractivity contribution is 0.231. The second-order valence-electron chi connectivity index (χ2n) is 4.29. The first-order chi connectivity index (χ1) is 6.18. The predicted molar refractivity (Wildman–Crippen MR) is 58.0 cm³/mol. The van der Waals surface area contributed by atoms with E-state index in [0.29, 0.717) is 6.04 Å². The van der Waals surface area contributed by atoms with Gasteiger partial charge in [0.25, 0.3) is 0 Å². The number of allylic oxidation sites excluding steroid dienone is 1. The van der Waals surface area contributed by atoms with Gasteiger partial charge in [0, 0.05) is 19.1 Å². The summed E-state index contributed by atoms with van der Waals surface area (Å²) in [5.74, 6) is 0. The highest BCUT2D eigenvalue weighted by Gasteiger charge is 2.15. The molecule has 2 heteroatoms. The third-order valence-corrected chi connectivity index (χ3v) is 2.54. The Hall–Kier alpha value is -0.340. The Morgan fingerprint density at radius 1 is 1.54 bits per heavy atom. The lowest BCUT2D eigenvalue weighted by atomic mass is 10.1. The number of likely N-dealkylation sites (tertiary alicyclic amines) is 1. The van der Waals surface area contributed by atoms with Crippen LogP contribution in [0.5, 0.6) is 0 Å². The van der Waals surface area contributed by atoms with Crippen molar-refractivity contribution in [2.75, 3.05) is 26.7 Å². The Bertz CT molecular complexity index is 171. The van der Waals surface area contributed by atoms with Crippen LogP contribution in [0.25, 0.3) is 0 Å². The van der Waals surface area contributed by atoms with E-state index in [1.165, 1.54) is 31.5 Å². The van der Waals surface area contributed by atoms with Gasteiger partial charge in [-0.1, -0.05) is 11.6 Å². The summed E-state index contributed by atoms with van der Waals surface area (Å²) in [4.78, 5) is 2.41. The molecule has 1 rings (SSSR count). The van der Waals surface area contributed by atoms with E-state index in [1.807, 2.05) is 0 Å². The van der Waals surface area contributed by atoms with Crippen molar-refractivity contribution in [3.05, 3.63) is 11.6 Å². The maximum atomic E-state index is 3.57. The SMILES string of the molecule is CC(C)=CCNC1CCCN(C)C1. The Morgan fingerprint density at radius 3 is 2.92 bits per heavy atom. The highest BCUT2D eigenvalue weighted by molar-refractivity contribution is 4.95. The minimum Gasteiger partial charge on any atom is -0.309 e. The van der Waals surface area contributed by atoms with Gasteiger partial charge in [-0.25, -0.2) is 0 Å². The highest BCUT2D eigenvalue weighted by Crippen LogP contribution is 2.07. The van der Waals surface area contributed by atoms with E-state index >= 15 is 0 Å². The fourth-order valence-corrected chi connectivity index (χ4v) is 1.76. The fraction of sp³-hybridized carbons (Fsp3) is 0.818. The van der Waals surface area contributed by atoms with E-state index in [0.717, 1.165) is 6.54 Å². The van der Waals surface area contributed by atoms with Gasteiger partial charge >= 0.3 is 0 Å². The molecule has 0 aliphatic carbocycles. The van der Waals surface area contributed by atoms with Crippen molar-refractivity contribution in [2.24, 2.45) is 0 Å². The summed E-state index contributed by atoms with van der Waals surface area (Å²) in [5, 5.41) is 3.57. The summed E-state index contributed by atoms with van der Waals surface area (Å²) in [5.41, 5.74) is 1.40. The predicted octanol–water partition coefficient (Wildman–Crippen LogP) is 1.64. The molecule has 76 valence electrons. The molecule has 1 atom stereocenters. The largest absolute Gasteiger partial charge is 0.309 e. The van der Waals surface area contributed by atoms with Crippen LogP contribution < -0.4 is 5.32 Å². The molecule has 1 aliphatic rings. The van der Waals surface area contributed by atoms with Crippen molar-refractivity contribution in [3.8, 4) is 0 Å². The van der Waals surface area contributed by atoms with Gasteiger partial charge in [0.05, 0.1) is 0 Å². The number of nitrogens with zero attached hydrogens (tertiary/aromatic N) is 1. The van der Waals surface area contributed by atoms with Crippen LogP contribution in [-0.4, -0.2) is 37.6 Å². The van der Waals surface area contributed by atoms with Crippen molar-refractivity contribution in [2.45, 2.75) is 32.7 Å². The van der Waals surface area contributed by atoms with E-state index < -0.39 is 0 Å². The van der Waals surface area contributed by atoms with Crippen molar-refractivity contribution < 1.29 is 0 Å². The fourth-order valence-electron chi connectivity index (χ4n) is 1.76. The Balaban J connectivity index is 2.17. The molecule has 1 fully saturated rings. The normalized spacial score (nSPS) is 24.4. The first-order valence-electron chi connectivity index (χ1n) is 5.24. The smallest absolute Gasteiger partial charge is 0.0198 e. The molecule has 2 nitrogen and oxygen atoms in total. The summed E-state index contributed by atoms with van der Waals surface area (Å²) in [6.07, 6.45) is 4.93. The molecule has 0 radical (unpaired) electrons. The van der Waals surface area contributed by atoms with E-state index in [4.69, 9.17) is 0 Å². The monoisotopic (exact) mass is 182 g/mol. The van der Waals surface area contributed by atoms with E-state index in [9.17, 15) is 0 Å². The topological polar surface area (TPSA) is 15.3 Å². The van der Waals surface area contributed by atoms with Gasteiger partial charge in [0.1, 0.15) is 0 Å². The molecule has 0 spiro atoms. The minimum atomic E-state index is 0.703. The summed E-state index contributed by atoms with van der Waals surface area (Å²) in [7, 11) is 2.20. The molecule has 1 aliphatic heterocycles. The molecular formula is C11H22N2. The van der Waals surface area contributed by atoms with Crippen LogP contribution in [0.1, 0.15) is 26.7 Å². The standard InChI is InChI=1S/C11H22N2/c1-10(2)6-7-12-11-5-4-8-13(3)9-11/h6,11-12H,4-5,7-9H2,1-3H3. The first kappa shape index (κ1) is 10.7. The zero-order valence-corrected chi connectivity index (χ0v) is 9.14. The number of nitrogens with one attached hydrogen (secondary N) is 1. The van der Waals surface area contributed by atoms with Crippen LogP contribution in [0, 0.1) is 0 Å². The maximum Gasteiger partial charge on any atom is 0.0198 e. The second-order valence-corrected chi connectivity index (χ2v) is 4.29. The summed E-state index contributed by atoms with van der Waals surface area (Å²) >= 11 is 0. The first-order valence-corrected chi connectivity index (χ1v) is 5.24. The molecule has 0 saturated carbocycles. The van der Waals surface area contributed by atoms with E-state index in [-0.39, 0.29) is 0 Å². The van der Waals surface area contributed by atoms with Gasteiger partial charge in [-0.3, -0.25) is 0 Å². The number of likely N-dealkylation sites (N-methyl/N-ethyl adjacent to an activating group) is 1. The van der Waals surface area contributed by atoms with Gasteiger partial charge < -0.3 is 10.2 Å². The number of rotatable bonds is 3. The molecule has 0 amide bonds. The molecule has 1 N–H and O–H groups in total. The van der Waals surface area contributed by atoms with Gasteiger partial charge in [-0.05, 0) is 40.3 Å². The maximum absolute atomic E-state index is 3.57. The second kappa shape index (κ2) is 5.40. The quantitative estimate of drug-likeness (QED) is 0.667. The third kappa shape index (κ3) is 4.44. The molecule has 13 heavy (non-hydrogen) atoms. The van der Waals surface area contributed by atoms with Crippen molar-refractivity contribution in [1.82, 2.24) is 10.2 Å². The zero-order valence-electron chi connectivity index (χ0n) is 9.14. The van der Waals surface area contributed by atoms with Gasteiger partial charge in [-0.15, -0.1) is 0 Å². The molecule has 1 saturated heterocycles. The lowest BCUT2D eigenvalue weighted by Crippen LogP contribution is -2.43. The average molecular weight is 182 g/mol. The Morgan fingerprint density at radius 2 is 2.31 bits per heavy atom. The number of piperidine rings is 1. The molecule has 0 aromatic heterocycles. The van der Waals surface area contributed by atoms with Gasteiger partial charge in [-0.2, -0.15) is 0 Å². The van der Waals surface area contributed by atoms with Gasteiger partial charge in [0.2, 0.25) is 0 Å². The highest BCUT2D eigenvalue weighted by atomic mass is 15.1. The van der Waals surface area contributed by atoms with Crippen LogP contribution in [0.4, 0.5) is 0 Å². The molecule has 0 aromatic carbocycles. The van der Waals surface area contributed by atoms with Crippen molar-refractivity contribution >= 4 is 0 Å². The van der Waals surface area contributed by atoms with E-state index in [2.05, 4.69) is 37.2 Å². The van der Waals surface area contributed by atoms with Crippen molar-refractivity contribution in [1.29, 1.82) is 0 Å². The lowest BCUT2D eigenvalue weighted by Gasteiger charge is -2.30. The molecule has 1 unspecified atom stereocenters. The van der Waals surface area contributed by atoms with Crippen LogP contribution in [0.2, 0.25) is 0 Å².